The van der Waals surface area contributed by atoms with Crippen LogP contribution in [0.15, 0.2) is 11.6 Å². The molecule has 18 nitrogen and oxygen atoms in total. The van der Waals surface area contributed by atoms with E-state index >= 15 is 0 Å². The van der Waals surface area contributed by atoms with Crippen LogP contribution in [0, 0.1) is 50.2 Å². The highest BCUT2D eigenvalue weighted by Gasteiger charge is 2.70. The van der Waals surface area contributed by atoms with Crippen LogP contribution in [-0.2, 0) is 33.2 Å². The second-order valence-corrected chi connectivity index (χ2v) is 22.9. The minimum absolute atomic E-state index is 0.0557. The third-order valence-electron chi connectivity index (χ3n) is 19.0. The van der Waals surface area contributed by atoms with Crippen LogP contribution < -0.4 is 0 Å². The lowest BCUT2D eigenvalue weighted by Gasteiger charge is -2.71. The molecule has 372 valence electrons. The Morgan fingerprint density at radius 3 is 2.00 bits per heavy atom. The normalized spacial score (nSPS) is 54.3. The van der Waals surface area contributed by atoms with Crippen LogP contribution >= 0.6 is 0 Å². The van der Waals surface area contributed by atoms with Crippen LogP contribution in [0.5, 0.6) is 0 Å². The molecule has 0 aromatic carbocycles. The lowest BCUT2D eigenvalue weighted by Crippen LogP contribution is -2.67. The molecule has 0 spiro atoms. The molecule has 0 bridgehead atoms. The van der Waals surface area contributed by atoms with E-state index in [4.69, 9.17) is 28.4 Å². The van der Waals surface area contributed by atoms with Crippen molar-refractivity contribution in [1.29, 1.82) is 0 Å². The molecule has 2 unspecified atom stereocenters. The molecule has 3 saturated heterocycles. The largest absolute Gasteiger partial charge is 0.432 e. The molecular weight excluding hydrogens is 852 g/mol. The number of carbonyl (C=O) groups is 1. The highest BCUT2D eigenvalue weighted by atomic mass is 16.7. The molecule has 0 amide bonds. The number of fused-ring (bicyclic) bond motifs is 7. The Morgan fingerprint density at radius 2 is 1.32 bits per heavy atom. The van der Waals surface area contributed by atoms with Crippen molar-refractivity contribution in [2.75, 3.05) is 26.4 Å². The fourth-order valence-electron chi connectivity index (χ4n) is 14.7. The molecule has 5 aliphatic carbocycles. The van der Waals surface area contributed by atoms with Gasteiger partial charge in [-0.25, -0.2) is 0 Å². The van der Waals surface area contributed by atoms with Crippen LogP contribution in [0.3, 0.4) is 0 Å². The van der Waals surface area contributed by atoms with Gasteiger partial charge in [-0.1, -0.05) is 53.2 Å². The predicted octanol–water partition coefficient (Wildman–Crippen LogP) is -0.248. The number of carbonyl (C=O) groups excluding carboxylic acids is 1. The second kappa shape index (κ2) is 17.8. The SMILES string of the molecule is CC1(C)CC[C@]2(C(=O)O[C@@H]3O[C@H](CO[C@@H]4O[C@H](CO)[C@@H](O)[C@H](O)[C@H]4O)[C@@H](O)[C@H](O)[C@H]3O)CC[C@]3(C)C(=CCC4[C@@]5(C)CC[C@H](O[C@@H]6OC[C@H](O)[C@H](O)[C@H]6O)[C@@](C)(CO)C5CC[C@]43C)[C@@H]2C1. The summed E-state index contributed by atoms with van der Waals surface area (Å²) in [5.74, 6) is -0.485. The Hall–Kier alpha value is -1.43. The van der Waals surface area contributed by atoms with E-state index < -0.39 is 122 Å². The summed E-state index contributed by atoms with van der Waals surface area (Å²) in [5, 5.41) is 116. The molecule has 0 aromatic heterocycles. The Morgan fingerprint density at radius 1 is 0.692 bits per heavy atom. The smallest absolute Gasteiger partial charge is 0.315 e. The van der Waals surface area contributed by atoms with E-state index in [1.807, 2.05) is 0 Å². The maximum atomic E-state index is 14.9. The van der Waals surface area contributed by atoms with E-state index in [1.165, 1.54) is 5.57 Å². The van der Waals surface area contributed by atoms with Gasteiger partial charge >= 0.3 is 5.97 Å². The number of aliphatic hydroxyl groups excluding tert-OH is 11. The van der Waals surface area contributed by atoms with Crippen molar-refractivity contribution in [1.82, 2.24) is 0 Å². The van der Waals surface area contributed by atoms with Gasteiger partial charge in [0.05, 0.1) is 37.9 Å². The van der Waals surface area contributed by atoms with Crippen LogP contribution in [0.25, 0.3) is 0 Å². The van der Waals surface area contributed by atoms with E-state index in [2.05, 4.69) is 47.6 Å². The highest BCUT2D eigenvalue weighted by molar-refractivity contribution is 5.79. The molecular formula is C47H76O18. The van der Waals surface area contributed by atoms with Gasteiger partial charge in [0, 0.05) is 5.41 Å². The fraction of sp³-hybridized carbons (Fsp3) is 0.936. The molecule has 65 heavy (non-hydrogen) atoms. The number of hydrogen-bond acceptors (Lipinski definition) is 18. The molecule has 0 aromatic rings. The van der Waals surface area contributed by atoms with Gasteiger partial charge in [-0.05, 0) is 104 Å². The Kier molecular flexibility index (Phi) is 13.7. The summed E-state index contributed by atoms with van der Waals surface area (Å²) in [6.45, 7) is 12.1. The van der Waals surface area contributed by atoms with Crippen molar-refractivity contribution in [3.63, 3.8) is 0 Å². The summed E-state index contributed by atoms with van der Waals surface area (Å²) in [5.41, 5.74) is -1.23. The van der Waals surface area contributed by atoms with Gasteiger partial charge in [0.15, 0.2) is 12.6 Å². The molecule has 8 rings (SSSR count). The zero-order chi connectivity index (χ0) is 47.4. The minimum atomic E-state index is -1.81. The molecule has 3 aliphatic heterocycles. The molecule has 3 heterocycles. The Labute approximate surface area is 380 Å². The zero-order valence-corrected chi connectivity index (χ0v) is 38.6. The monoisotopic (exact) mass is 929 g/mol. The summed E-state index contributed by atoms with van der Waals surface area (Å²) in [7, 11) is 0. The van der Waals surface area contributed by atoms with Crippen molar-refractivity contribution >= 4 is 5.97 Å². The van der Waals surface area contributed by atoms with Gasteiger partial charge in [0.25, 0.3) is 0 Å². The third kappa shape index (κ3) is 7.89. The first-order valence-electron chi connectivity index (χ1n) is 23.9. The van der Waals surface area contributed by atoms with Crippen LogP contribution in [0.1, 0.15) is 106 Å². The number of esters is 1. The summed E-state index contributed by atoms with van der Waals surface area (Å²) in [6, 6.07) is 0. The van der Waals surface area contributed by atoms with Gasteiger partial charge in [-0.15, -0.1) is 0 Å². The standard InChI is InChI=1S/C47H76O18/c1-42(2)13-15-47(41(59)65-40-37(58)34(55)32(53)26(63-40)20-61-38-36(57)33(54)31(52)25(18-48)62-38)16-14-45(5)22(23(47)17-42)7-8-28-43(3)11-10-29(64-39-35(56)30(51)24(50)19-60-39)44(4,21-49)27(43)9-12-46(28,45)6/h7,23-40,48-58H,8-21H2,1-6H3/t23-,24-,25+,26+,27?,28?,29-,30-,31+,32+,33-,34-,35+,36+,37+,38+,39-,40-,43-,44-,45+,46+,47-/m0/s1. The Balaban J connectivity index is 1.02. The molecule has 7 fully saturated rings. The number of rotatable bonds is 9. The van der Waals surface area contributed by atoms with Gasteiger partial charge in [0.1, 0.15) is 67.1 Å². The van der Waals surface area contributed by atoms with E-state index in [9.17, 15) is 61.0 Å². The predicted molar refractivity (Wildman–Crippen MR) is 226 cm³/mol. The zero-order valence-electron chi connectivity index (χ0n) is 38.6. The topological polar surface area (TPSA) is 295 Å². The maximum Gasteiger partial charge on any atom is 0.315 e. The first-order chi connectivity index (χ1) is 30.4. The quantitative estimate of drug-likeness (QED) is 0.0808. The molecule has 11 N–H and O–H groups in total. The first-order valence-corrected chi connectivity index (χ1v) is 23.9. The number of allylic oxidation sites excluding steroid dienone is 2. The molecule has 18 heteroatoms. The minimum Gasteiger partial charge on any atom is -0.432 e. The summed E-state index contributed by atoms with van der Waals surface area (Å²) < 4.78 is 35.2. The average molecular weight is 929 g/mol. The highest BCUT2D eigenvalue weighted by Crippen LogP contribution is 2.76. The Bertz CT molecular complexity index is 1760. The molecule has 8 aliphatic rings. The van der Waals surface area contributed by atoms with Gasteiger partial charge in [0.2, 0.25) is 6.29 Å². The average Bonchev–Trinajstić information content (AvgIpc) is 3.26. The maximum absolute atomic E-state index is 14.9. The number of ether oxygens (including phenoxy) is 6. The van der Waals surface area contributed by atoms with Crippen molar-refractivity contribution in [3.8, 4) is 0 Å². The fourth-order valence-corrected chi connectivity index (χ4v) is 14.7. The molecule has 4 saturated carbocycles. The second-order valence-electron chi connectivity index (χ2n) is 22.9. The van der Waals surface area contributed by atoms with E-state index in [0.717, 1.165) is 38.5 Å². The van der Waals surface area contributed by atoms with Crippen molar-refractivity contribution in [2.45, 2.75) is 198 Å². The van der Waals surface area contributed by atoms with Crippen molar-refractivity contribution < 1.29 is 89.4 Å². The first kappa shape index (κ1) is 50.0. The van der Waals surface area contributed by atoms with Gasteiger partial charge < -0.3 is 84.6 Å². The van der Waals surface area contributed by atoms with Gasteiger partial charge in [-0.2, -0.15) is 0 Å². The number of hydrogen-bond donors (Lipinski definition) is 11. The van der Waals surface area contributed by atoms with Crippen molar-refractivity contribution in [3.05, 3.63) is 11.6 Å². The number of aliphatic hydroxyl groups is 11. The van der Waals surface area contributed by atoms with Crippen LogP contribution in [0.4, 0.5) is 0 Å². The molecule has 23 atom stereocenters. The lowest BCUT2D eigenvalue weighted by molar-refractivity contribution is -0.328. The van der Waals surface area contributed by atoms with E-state index in [-0.39, 0.29) is 52.6 Å². The van der Waals surface area contributed by atoms with Crippen LogP contribution in [-0.4, -0.2) is 181 Å². The summed E-state index contributed by atoms with van der Waals surface area (Å²) >= 11 is 0. The summed E-state index contributed by atoms with van der Waals surface area (Å²) in [6.07, 6.45) is -12.5. The summed E-state index contributed by atoms with van der Waals surface area (Å²) in [4.78, 5) is 14.9. The van der Waals surface area contributed by atoms with E-state index in [0.29, 0.717) is 25.7 Å². The van der Waals surface area contributed by atoms with E-state index in [1.54, 1.807) is 0 Å². The van der Waals surface area contributed by atoms with Crippen molar-refractivity contribution in [2.24, 2.45) is 50.2 Å². The molecule has 0 radical (unpaired) electrons. The third-order valence-corrected chi connectivity index (χ3v) is 19.0. The van der Waals surface area contributed by atoms with Crippen LogP contribution in [0.2, 0.25) is 0 Å². The lowest BCUT2D eigenvalue weighted by atomic mass is 9.33. The van der Waals surface area contributed by atoms with Gasteiger partial charge in [-0.3, -0.25) is 4.79 Å².